The summed E-state index contributed by atoms with van der Waals surface area (Å²) in [7, 11) is 0. The minimum absolute atomic E-state index is 0.0422. The van der Waals surface area contributed by atoms with Crippen molar-refractivity contribution in [1.82, 2.24) is 5.32 Å². The molecule has 0 spiro atoms. The highest BCUT2D eigenvalue weighted by atomic mass is 19.1. The molecule has 0 unspecified atom stereocenters. The van der Waals surface area contributed by atoms with Gasteiger partial charge in [-0.3, -0.25) is 4.79 Å². The van der Waals surface area contributed by atoms with Crippen LogP contribution in [0.1, 0.15) is 18.2 Å². The average Bonchev–Trinajstić information content (AvgIpc) is 2.94. The van der Waals surface area contributed by atoms with Gasteiger partial charge < -0.3 is 14.8 Å². The van der Waals surface area contributed by atoms with Gasteiger partial charge in [0.25, 0.3) is 0 Å². The molecule has 0 saturated heterocycles. The Morgan fingerprint density at radius 1 is 1.35 bits per heavy atom. The predicted molar refractivity (Wildman–Crippen MR) is 71.4 cm³/mol. The summed E-state index contributed by atoms with van der Waals surface area (Å²) in [5, 5.41) is 12.8. The van der Waals surface area contributed by atoms with E-state index in [9.17, 15) is 14.3 Å². The van der Waals surface area contributed by atoms with E-state index >= 15 is 0 Å². The van der Waals surface area contributed by atoms with Crippen molar-refractivity contribution >= 4 is 5.91 Å². The van der Waals surface area contributed by atoms with E-state index in [-0.39, 0.29) is 24.7 Å². The van der Waals surface area contributed by atoms with Crippen molar-refractivity contribution in [1.29, 1.82) is 0 Å². The Morgan fingerprint density at radius 2 is 2.05 bits per heavy atom. The van der Waals surface area contributed by atoms with Gasteiger partial charge in [0.05, 0.1) is 19.2 Å². The second kappa shape index (κ2) is 5.88. The highest BCUT2D eigenvalue weighted by Gasteiger charge is 2.26. The van der Waals surface area contributed by atoms with E-state index in [1.54, 1.807) is 31.2 Å². The molecule has 2 N–H and O–H groups in total. The quantitative estimate of drug-likeness (QED) is 0.878. The van der Waals surface area contributed by atoms with Crippen molar-refractivity contribution < 1.29 is 18.7 Å². The fraction of sp³-hybridized carbons (Fsp3) is 0.267. The van der Waals surface area contributed by atoms with Gasteiger partial charge in [-0.05, 0) is 36.8 Å². The second-order valence-electron chi connectivity index (χ2n) is 4.83. The van der Waals surface area contributed by atoms with Gasteiger partial charge >= 0.3 is 0 Å². The molecule has 1 aromatic carbocycles. The number of amides is 1. The molecular weight excluding hydrogens is 261 g/mol. The number of furan rings is 1. The van der Waals surface area contributed by atoms with E-state index in [1.165, 1.54) is 18.4 Å². The Bertz CT molecular complexity index is 561. The fourth-order valence-electron chi connectivity index (χ4n) is 1.79. The van der Waals surface area contributed by atoms with Crippen molar-refractivity contribution in [2.24, 2.45) is 0 Å². The number of hydrogen-bond donors (Lipinski definition) is 2. The minimum Gasteiger partial charge on any atom is -0.466 e. The second-order valence-corrected chi connectivity index (χ2v) is 4.83. The molecule has 106 valence electrons. The number of nitrogens with one attached hydrogen (secondary N) is 1. The molecule has 0 saturated carbocycles. The summed E-state index contributed by atoms with van der Waals surface area (Å²) in [6.45, 7) is 1.60. The lowest BCUT2D eigenvalue weighted by Gasteiger charge is -2.21. The largest absolute Gasteiger partial charge is 0.466 e. The lowest BCUT2D eigenvalue weighted by molar-refractivity contribution is -0.121. The number of carbonyl (C=O) groups is 1. The number of aliphatic hydroxyl groups is 1. The van der Waals surface area contributed by atoms with Gasteiger partial charge in [-0.15, -0.1) is 0 Å². The first kappa shape index (κ1) is 14.3. The predicted octanol–water partition coefficient (Wildman–Crippen LogP) is 1.99. The maximum Gasteiger partial charge on any atom is 0.224 e. The van der Waals surface area contributed by atoms with Crippen LogP contribution in [-0.2, 0) is 16.8 Å². The molecule has 2 rings (SSSR count). The van der Waals surface area contributed by atoms with Gasteiger partial charge in [-0.2, -0.15) is 0 Å². The van der Waals surface area contributed by atoms with Crippen LogP contribution in [-0.4, -0.2) is 17.6 Å². The van der Waals surface area contributed by atoms with E-state index in [0.717, 1.165) is 0 Å². The van der Waals surface area contributed by atoms with E-state index in [4.69, 9.17) is 4.42 Å². The lowest BCUT2D eigenvalue weighted by atomic mass is 10.0. The first-order valence-electron chi connectivity index (χ1n) is 6.25. The Labute approximate surface area is 116 Å². The van der Waals surface area contributed by atoms with Crippen molar-refractivity contribution in [2.45, 2.75) is 18.9 Å². The normalized spacial score (nSPS) is 13.8. The van der Waals surface area contributed by atoms with Crippen molar-refractivity contribution in [3.63, 3.8) is 0 Å². The highest BCUT2D eigenvalue weighted by molar-refractivity contribution is 5.78. The summed E-state index contributed by atoms with van der Waals surface area (Å²) >= 11 is 0. The number of hydrogen-bond acceptors (Lipinski definition) is 3. The van der Waals surface area contributed by atoms with Gasteiger partial charge in [-0.1, -0.05) is 12.1 Å². The molecule has 0 radical (unpaired) electrons. The minimum atomic E-state index is -1.26. The van der Waals surface area contributed by atoms with Crippen LogP contribution in [0.5, 0.6) is 0 Å². The number of carbonyl (C=O) groups excluding carboxylic acids is 1. The molecule has 20 heavy (non-hydrogen) atoms. The van der Waals surface area contributed by atoms with Gasteiger partial charge in [0.2, 0.25) is 5.91 Å². The third kappa shape index (κ3) is 3.68. The number of rotatable bonds is 5. The molecule has 1 heterocycles. The molecule has 0 aliphatic carbocycles. The monoisotopic (exact) mass is 277 g/mol. The maximum atomic E-state index is 12.7. The van der Waals surface area contributed by atoms with Crippen LogP contribution in [0.25, 0.3) is 0 Å². The van der Waals surface area contributed by atoms with Gasteiger partial charge in [-0.25, -0.2) is 4.39 Å². The molecular formula is C15H16FNO3. The summed E-state index contributed by atoms with van der Waals surface area (Å²) in [5.41, 5.74) is -0.552. The third-order valence-corrected chi connectivity index (χ3v) is 2.96. The van der Waals surface area contributed by atoms with Crippen LogP contribution in [0.15, 0.2) is 47.1 Å². The molecule has 0 bridgehead atoms. The molecule has 1 atom stereocenters. The molecule has 5 heteroatoms. The zero-order chi connectivity index (χ0) is 14.6. The van der Waals surface area contributed by atoms with Crippen LogP contribution in [0.3, 0.4) is 0 Å². The van der Waals surface area contributed by atoms with Crippen LogP contribution in [0, 0.1) is 5.82 Å². The lowest BCUT2D eigenvalue weighted by Crippen LogP contribution is -2.39. The summed E-state index contributed by atoms with van der Waals surface area (Å²) in [4.78, 5) is 11.8. The molecule has 4 nitrogen and oxygen atoms in total. The molecule has 2 aromatic rings. The van der Waals surface area contributed by atoms with Crippen LogP contribution in [0.2, 0.25) is 0 Å². The SMILES string of the molecule is C[C@@](O)(CNC(=O)Cc1ccc(F)cc1)c1ccco1. The number of benzene rings is 1. The average molecular weight is 277 g/mol. The van der Waals surface area contributed by atoms with Gasteiger partial charge in [0, 0.05) is 0 Å². The Morgan fingerprint density at radius 3 is 2.65 bits per heavy atom. The summed E-state index contributed by atoms with van der Waals surface area (Å²) < 4.78 is 17.9. The third-order valence-electron chi connectivity index (χ3n) is 2.96. The van der Waals surface area contributed by atoms with Gasteiger partial charge in [0.15, 0.2) is 0 Å². The van der Waals surface area contributed by atoms with Crippen LogP contribution in [0.4, 0.5) is 4.39 Å². The topological polar surface area (TPSA) is 62.5 Å². The maximum absolute atomic E-state index is 12.7. The summed E-state index contributed by atoms with van der Waals surface area (Å²) in [6.07, 6.45) is 1.60. The number of halogens is 1. The zero-order valence-corrected chi connectivity index (χ0v) is 11.1. The highest BCUT2D eigenvalue weighted by Crippen LogP contribution is 2.19. The first-order chi connectivity index (χ1) is 9.47. The first-order valence-corrected chi connectivity index (χ1v) is 6.25. The van der Waals surface area contributed by atoms with E-state index < -0.39 is 5.60 Å². The Balaban J connectivity index is 1.88. The van der Waals surface area contributed by atoms with E-state index in [2.05, 4.69) is 5.32 Å². The molecule has 1 aromatic heterocycles. The molecule has 1 amide bonds. The molecule has 0 fully saturated rings. The van der Waals surface area contributed by atoms with Crippen molar-refractivity contribution in [3.8, 4) is 0 Å². The summed E-state index contributed by atoms with van der Waals surface area (Å²) in [6, 6.07) is 9.04. The van der Waals surface area contributed by atoms with Crippen LogP contribution >= 0.6 is 0 Å². The smallest absolute Gasteiger partial charge is 0.224 e. The van der Waals surface area contributed by atoms with E-state index in [0.29, 0.717) is 11.3 Å². The standard InChI is InChI=1S/C15H16FNO3/c1-15(19,13-3-2-8-20-13)10-17-14(18)9-11-4-6-12(16)7-5-11/h2-8,19H,9-10H2,1H3,(H,17,18)/t15-/m1/s1. The van der Waals surface area contributed by atoms with Gasteiger partial charge in [0.1, 0.15) is 17.2 Å². The fourth-order valence-corrected chi connectivity index (χ4v) is 1.79. The Hall–Kier alpha value is -2.14. The van der Waals surface area contributed by atoms with Crippen LogP contribution < -0.4 is 5.32 Å². The zero-order valence-electron chi connectivity index (χ0n) is 11.1. The van der Waals surface area contributed by atoms with Crippen molar-refractivity contribution in [2.75, 3.05) is 6.54 Å². The van der Waals surface area contributed by atoms with E-state index in [1.807, 2.05) is 0 Å². The molecule has 0 aliphatic heterocycles. The Kier molecular flexibility index (Phi) is 4.20. The van der Waals surface area contributed by atoms with Crippen molar-refractivity contribution in [3.05, 3.63) is 59.8 Å². The summed E-state index contributed by atoms with van der Waals surface area (Å²) in [5.74, 6) is -0.196. The molecule has 0 aliphatic rings.